The van der Waals surface area contributed by atoms with Crippen molar-refractivity contribution in [2.75, 3.05) is 7.05 Å². The summed E-state index contributed by atoms with van der Waals surface area (Å²) >= 11 is 3.43. The Kier molecular flexibility index (Phi) is 3.69. The monoisotopic (exact) mass is 293 g/mol. The average molecular weight is 294 g/mol. The van der Waals surface area contributed by atoms with Crippen LogP contribution in [-0.4, -0.2) is 7.05 Å². The molecule has 1 N–H and O–H groups in total. The van der Waals surface area contributed by atoms with Crippen molar-refractivity contribution in [1.82, 2.24) is 5.32 Å². The zero-order chi connectivity index (χ0) is 12.4. The van der Waals surface area contributed by atoms with Gasteiger partial charge in [-0.15, -0.1) is 0 Å². The molecular weight excluding hydrogens is 278 g/mol. The highest BCUT2D eigenvalue weighted by Gasteiger charge is 2.17. The second-order valence-corrected chi connectivity index (χ2v) is 4.94. The summed E-state index contributed by atoms with van der Waals surface area (Å²) in [6.45, 7) is 4.26. The van der Waals surface area contributed by atoms with Gasteiger partial charge in [-0.3, -0.25) is 0 Å². The van der Waals surface area contributed by atoms with E-state index >= 15 is 0 Å². The second kappa shape index (κ2) is 5.07. The number of hydrogen-bond acceptors (Lipinski definition) is 2. The molecule has 1 heterocycles. The van der Waals surface area contributed by atoms with Crippen LogP contribution < -0.4 is 5.32 Å². The molecular formula is C14H16BrNO. The lowest BCUT2D eigenvalue weighted by atomic mass is 9.97. The maximum Gasteiger partial charge on any atom is 0.174 e. The first-order chi connectivity index (χ1) is 8.13. The molecule has 1 aromatic heterocycles. The van der Waals surface area contributed by atoms with Crippen molar-refractivity contribution in [3.63, 3.8) is 0 Å². The summed E-state index contributed by atoms with van der Waals surface area (Å²) in [5, 5.41) is 3.32. The van der Waals surface area contributed by atoms with Crippen LogP contribution in [0.3, 0.4) is 0 Å². The fourth-order valence-electron chi connectivity index (χ4n) is 1.96. The van der Waals surface area contributed by atoms with E-state index in [0.29, 0.717) is 0 Å². The summed E-state index contributed by atoms with van der Waals surface area (Å²) in [6, 6.07) is 8.67. The van der Waals surface area contributed by atoms with Crippen LogP contribution in [-0.2, 0) is 0 Å². The molecule has 0 amide bonds. The highest BCUT2D eigenvalue weighted by Crippen LogP contribution is 2.30. The minimum atomic E-state index is 0.155. The van der Waals surface area contributed by atoms with Crippen molar-refractivity contribution in [2.45, 2.75) is 19.9 Å². The Labute approximate surface area is 110 Å². The number of aryl methyl sites for hydroxylation is 2. The van der Waals surface area contributed by atoms with Gasteiger partial charge in [-0.2, -0.15) is 0 Å². The Morgan fingerprint density at radius 2 is 1.94 bits per heavy atom. The van der Waals surface area contributed by atoms with E-state index in [-0.39, 0.29) is 6.04 Å². The lowest BCUT2D eigenvalue weighted by molar-refractivity contribution is 0.530. The number of hydrogen-bond donors (Lipinski definition) is 1. The minimum Gasteiger partial charge on any atom is -0.457 e. The summed E-state index contributed by atoms with van der Waals surface area (Å²) in [5.74, 6) is 0. The van der Waals surface area contributed by atoms with Crippen LogP contribution >= 0.6 is 15.9 Å². The van der Waals surface area contributed by atoms with E-state index in [1.54, 1.807) is 6.26 Å². The van der Waals surface area contributed by atoms with E-state index in [9.17, 15) is 0 Å². The van der Waals surface area contributed by atoms with Crippen molar-refractivity contribution < 1.29 is 4.42 Å². The summed E-state index contributed by atoms with van der Waals surface area (Å²) in [7, 11) is 1.96. The van der Waals surface area contributed by atoms with Crippen LogP contribution in [0.15, 0.2) is 39.6 Å². The number of benzene rings is 1. The number of rotatable bonds is 3. The molecule has 17 heavy (non-hydrogen) atoms. The molecule has 0 aliphatic carbocycles. The molecule has 0 saturated carbocycles. The predicted molar refractivity (Wildman–Crippen MR) is 73.2 cm³/mol. The fraction of sp³-hybridized carbons (Fsp3) is 0.286. The quantitative estimate of drug-likeness (QED) is 0.926. The number of halogens is 1. The van der Waals surface area contributed by atoms with Crippen LogP contribution in [0.25, 0.3) is 0 Å². The van der Waals surface area contributed by atoms with E-state index in [2.05, 4.69) is 53.3 Å². The van der Waals surface area contributed by atoms with Crippen molar-refractivity contribution in [3.05, 3.63) is 57.5 Å². The van der Waals surface area contributed by atoms with Crippen molar-refractivity contribution >= 4 is 15.9 Å². The topological polar surface area (TPSA) is 25.2 Å². The van der Waals surface area contributed by atoms with Crippen LogP contribution in [0.2, 0.25) is 0 Å². The van der Waals surface area contributed by atoms with Crippen LogP contribution in [0.4, 0.5) is 0 Å². The maximum atomic E-state index is 5.30. The molecule has 0 radical (unpaired) electrons. The standard InChI is InChI=1S/C14H16BrNO/c1-9-4-5-11(8-10(9)2)13(16-3)12-6-7-17-14(12)15/h4-8,13,16H,1-3H3. The van der Waals surface area contributed by atoms with E-state index in [0.717, 1.165) is 10.2 Å². The molecule has 1 atom stereocenters. The Bertz CT molecular complexity index is 519. The van der Waals surface area contributed by atoms with Crippen LogP contribution in [0.5, 0.6) is 0 Å². The molecule has 2 aromatic rings. The molecule has 0 bridgehead atoms. The lowest BCUT2D eigenvalue weighted by Gasteiger charge is -2.17. The molecule has 0 fully saturated rings. The molecule has 0 aliphatic heterocycles. The Morgan fingerprint density at radius 3 is 2.47 bits per heavy atom. The molecule has 2 nitrogen and oxygen atoms in total. The van der Waals surface area contributed by atoms with Gasteiger partial charge in [0.15, 0.2) is 4.67 Å². The van der Waals surface area contributed by atoms with Gasteiger partial charge in [0.25, 0.3) is 0 Å². The van der Waals surface area contributed by atoms with Crippen molar-refractivity contribution in [2.24, 2.45) is 0 Å². The average Bonchev–Trinajstić information content (AvgIpc) is 2.71. The predicted octanol–water partition coefficient (Wildman–Crippen LogP) is 3.97. The van der Waals surface area contributed by atoms with E-state index in [1.807, 2.05) is 13.1 Å². The summed E-state index contributed by atoms with van der Waals surface area (Å²) in [6.07, 6.45) is 1.70. The third-order valence-electron chi connectivity index (χ3n) is 3.11. The normalized spacial score (nSPS) is 12.7. The maximum absolute atomic E-state index is 5.30. The third-order valence-corrected chi connectivity index (χ3v) is 3.75. The molecule has 1 unspecified atom stereocenters. The molecule has 3 heteroatoms. The Balaban J connectivity index is 2.42. The summed E-state index contributed by atoms with van der Waals surface area (Å²) in [5.41, 5.74) is 4.99. The SMILES string of the molecule is CNC(c1ccc(C)c(C)c1)c1ccoc1Br. The molecule has 0 saturated heterocycles. The number of furan rings is 1. The van der Waals surface area contributed by atoms with Gasteiger partial charge in [-0.25, -0.2) is 0 Å². The minimum absolute atomic E-state index is 0.155. The smallest absolute Gasteiger partial charge is 0.174 e. The fourth-order valence-corrected chi connectivity index (χ4v) is 2.43. The van der Waals surface area contributed by atoms with Gasteiger partial charge in [0.05, 0.1) is 12.3 Å². The van der Waals surface area contributed by atoms with Crippen molar-refractivity contribution in [1.29, 1.82) is 0 Å². The van der Waals surface area contributed by atoms with Gasteiger partial charge in [0.2, 0.25) is 0 Å². The van der Waals surface area contributed by atoms with Gasteiger partial charge >= 0.3 is 0 Å². The van der Waals surface area contributed by atoms with Crippen LogP contribution in [0, 0.1) is 13.8 Å². The van der Waals surface area contributed by atoms with Gasteiger partial charge in [-0.1, -0.05) is 18.2 Å². The summed E-state index contributed by atoms with van der Waals surface area (Å²) in [4.78, 5) is 0. The molecule has 1 aromatic carbocycles. The molecule has 0 aliphatic rings. The zero-order valence-corrected chi connectivity index (χ0v) is 11.8. The van der Waals surface area contributed by atoms with E-state index < -0.39 is 0 Å². The third kappa shape index (κ3) is 2.45. The Morgan fingerprint density at radius 1 is 1.18 bits per heavy atom. The van der Waals surface area contributed by atoms with Gasteiger partial charge in [-0.05, 0) is 59.6 Å². The van der Waals surface area contributed by atoms with E-state index in [1.165, 1.54) is 16.7 Å². The Hall–Kier alpha value is -1.06. The number of nitrogens with one attached hydrogen (secondary N) is 1. The van der Waals surface area contributed by atoms with Gasteiger partial charge < -0.3 is 9.73 Å². The molecule has 2 rings (SSSR count). The summed E-state index contributed by atoms with van der Waals surface area (Å²) < 4.78 is 6.09. The molecule has 0 spiro atoms. The lowest BCUT2D eigenvalue weighted by Crippen LogP contribution is -2.17. The second-order valence-electron chi connectivity index (χ2n) is 4.22. The first-order valence-electron chi connectivity index (χ1n) is 5.60. The van der Waals surface area contributed by atoms with Crippen LogP contribution in [0.1, 0.15) is 28.3 Å². The first kappa shape index (κ1) is 12.4. The van der Waals surface area contributed by atoms with Gasteiger partial charge in [0.1, 0.15) is 0 Å². The first-order valence-corrected chi connectivity index (χ1v) is 6.40. The van der Waals surface area contributed by atoms with Gasteiger partial charge in [0, 0.05) is 5.56 Å². The highest BCUT2D eigenvalue weighted by molar-refractivity contribution is 9.10. The molecule has 90 valence electrons. The highest BCUT2D eigenvalue weighted by atomic mass is 79.9. The zero-order valence-electron chi connectivity index (χ0n) is 10.3. The largest absolute Gasteiger partial charge is 0.457 e. The van der Waals surface area contributed by atoms with E-state index in [4.69, 9.17) is 4.42 Å². The van der Waals surface area contributed by atoms with Crippen molar-refractivity contribution in [3.8, 4) is 0 Å².